The number of alkyl halides is 13. The molecule has 0 aliphatic carbocycles. The number of aliphatic hydroxyl groups excluding tert-OH is 1. The van der Waals surface area contributed by atoms with Gasteiger partial charge in [-0.25, -0.2) is 4.79 Å². The van der Waals surface area contributed by atoms with Gasteiger partial charge in [0, 0.05) is 5.57 Å². The quantitative estimate of drug-likeness (QED) is 0.310. The van der Waals surface area contributed by atoms with Crippen molar-refractivity contribution < 1.29 is 71.7 Å². The molecule has 16 heteroatoms. The van der Waals surface area contributed by atoms with Crippen molar-refractivity contribution in [2.75, 3.05) is 6.61 Å². The molecule has 0 heterocycles. The van der Waals surface area contributed by atoms with E-state index in [9.17, 15) is 61.9 Å². The van der Waals surface area contributed by atoms with Crippen molar-refractivity contribution in [2.45, 2.75) is 55.2 Å². The van der Waals surface area contributed by atoms with E-state index in [-0.39, 0.29) is 0 Å². The largest absolute Gasteiger partial charge is 0.460 e. The Morgan fingerprint density at radius 1 is 0.828 bits per heavy atom. The third kappa shape index (κ3) is 4.55. The van der Waals surface area contributed by atoms with Crippen molar-refractivity contribution in [3.63, 3.8) is 0 Å². The molecule has 0 bridgehead atoms. The minimum atomic E-state index is -8.02. The van der Waals surface area contributed by atoms with E-state index in [1.165, 1.54) is 0 Å². The van der Waals surface area contributed by atoms with Gasteiger partial charge in [-0.05, 0) is 6.92 Å². The molecular weight excluding hydrogens is 451 g/mol. The predicted molar refractivity (Wildman–Crippen MR) is 67.2 cm³/mol. The van der Waals surface area contributed by atoms with Gasteiger partial charge >= 0.3 is 41.8 Å². The van der Waals surface area contributed by atoms with Gasteiger partial charge < -0.3 is 9.84 Å². The summed E-state index contributed by atoms with van der Waals surface area (Å²) in [6.07, 6.45) is -13.1. The van der Waals surface area contributed by atoms with Crippen LogP contribution in [0.25, 0.3) is 0 Å². The first-order chi connectivity index (χ1) is 12.5. The third-order valence-corrected chi connectivity index (χ3v) is 3.31. The molecule has 0 radical (unpaired) electrons. The average Bonchev–Trinajstić information content (AvgIpc) is 2.51. The summed E-state index contributed by atoms with van der Waals surface area (Å²) in [5, 5.41) is 8.69. The number of hydrogen-bond donors (Lipinski definition) is 1. The van der Waals surface area contributed by atoms with Crippen molar-refractivity contribution in [3.05, 3.63) is 12.2 Å². The standard InChI is InChI=1S/C13H11F13O3/c1-5(2)7(28)29-6(4-27)3-8(14,15)9(16,17)10(18,19)11(20,21)12(22,23)13(24,25)26/h6,27H,1,3-4H2,2H3. The van der Waals surface area contributed by atoms with E-state index in [2.05, 4.69) is 11.3 Å². The second-order valence-electron chi connectivity index (χ2n) is 5.69. The second-order valence-corrected chi connectivity index (χ2v) is 5.69. The number of ether oxygens (including phenoxy) is 1. The van der Waals surface area contributed by atoms with Crippen molar-refractivity contribution in [2.24, 2.45) is 0 Å². The van der Waals surface area contributed by atoms with Crippen molar-refractivity contribution in [1.82, 2.24) is 0 Å². The van der Waals surface area contributed by atoms with Gasteiger partial charge in [-0.15, -0.1) is 0 Å². The Kier molecular flexibility index (Phi) is 7.36. The van der Waals surface area contributed by atoms with Crippen LogP contribution in [-0.2, 0) is 9.53 Å². The van der Waals surface area contributed by atoms with E-state index in [0.29, 0.717) is 0 Å². The number of esters is 1. The fraction of sp³-hybridized carbons (Fsp3) is 0.769. The van der Waals surface area contributed by atoms with E-state index in [1.54, 1.807) is 0 Å². The van der Waals surface area contributed by atoms with Crippen LogP contribution < -0.4 is 0 Å². The molecule has 172 valence electrons. The van der Waals surface area contributed by atoms with Crippen molar-refractivity contribution >= 4 is 5.97 Å². The number of halogens is 13. The molecule has 29 heavy (non-hydrogen) atoms. The van der Waals surface area contributed by atoms with E-state index in [1.807, 2.05) is 0 Å². The van der Waals surface area contributed by atoms with Gasteiger partial charge in [-0.3, -0.25) is 0 Å². The lowest BCUT2D eigenvalue weighted by atomic mass is 9.91. The number of rotatable bonds is 9. The summed E-state index contributed by atoms with van der Waals surface area (Å²) in [5.41, 5.74) is -0.569. The summed E-state index contributed by atoms with van der Waals surface area (Å²) in [7, 11) is 0. The van der Waals surface area contributed by atoms with Crippen molar-refractivity contribution in [1.29, 1.82) is 0 Å². The van der Waals surface area contributed by atoms with Crippen molar-refractivity contribution in [3.8, 4) is 0 Å². The molecular formula is C13H11F13O3. The Morgan fingerprint density at radius 3 is 1.52 bits per heavy atom. The fourth-order valence-electron chi connectivity index (χ4n) is 1.61. The predicted octanol–water partition coefficient (Wildman–Crippen LogP) is 4.60. The number of carbonyl (C=O) groups is 1. The Morgan fingerprint density at radius 2 is 1.21 bits per heavy atom. The number of carbonyl (C=O) groups excluding carboxylic acids is 1. The summed E-state index contributed by atoms with van der Waals surface area (Å²) in [5.74, 6) is -39.4. The number of aliphatic hydroxyl groups is 1. The fourth-order valence-corrected chi connectivity index (χ4v) is 1.61. The highest BCUT2D eigenvalue weighted by molar-refractivity contribution is 5.87. The summed E-state index contributed by atoms with van der Waals surface area (Å²) in [6.45, 7) is 2.04. The van der Waals surface area contributed by atoms with Crippen LogP contribution in [0.4, 0.5) is 57.1 Å². The highest BCUT2D eigenvalue weighted by Crippen LogP contribution is 2.60. The van der Waals surface area contributed by atoms with Crippen LogP contribution >= 0.6 is 0 Å². The summed E-state index contributed by atoms with van der Waals surface area (Å²) >= 11 is 0. The first-order valence-electron chi connectivity index (χ1n) is 6.94. The Hall–Kier alpha value is -1.74. The minimum absolute atomic E-state index is 0.569. The SMILES string of the molecule is C=C(C)C(=O)OC(CO)CC(F)(F)C(F)(F)C(F)(F)C(F)(F)C(F)(F)C(F)(F)F. The van der Waals surface area contributed by atoms with Crippen LogP contribution in [0.2, 0.25) is 0 Å². The maximum atomic E-state index is 13.6. The maximum Gasteiger partial charge on any atom is 0.460 e. The molecule has 3 nitrogen and oxygen atoms in total. The molecule has 0 saturated carbocycles. The summed E-state index contributed by atoms with van der Waals surface area (Å²) in [6, 6.07) is 0. The number of hydrogen-bond acceptors (Lipinski definition) is 3. The molecule has 1 unspecified atom stereocenters. The normalized spacial score (nSPS) is 15.8. The van der Waals surface area contributed by atoms with Gasteiger partial charge in [0.15, 0.2) is 0 Å². The molecule has 0 fully saturated rings. The zero-order valence-corrected chi connectivity index (χ0v) is 13.9. The molecule has 0 aromatic rings. The van der Waals surface area contributed by atoms with Crippen LogP contribution in [0.15, 0.2) is 12.2 Å². The molecule has 0 amide bonds. The Labute approximate surface area is 153 Å². The van der Waals surface area contributed by atoms with E-state index < -0.39 is 66.5 Å². The van der Waals surface area contributed by atoms with Crippen LogP contribution in [-0.4, -0.2) is 59.6 Å². The molecule has 0 saturated heterocycles. The molecule has 0 aromatic heterocycles. The first kappa shape index (κ1) is 27.3. The zero-order chi connectivity index (χ0) is 23.9. The van der Waals surface area contributed by atoms with Crippen LogP contribution in [0, 0.1) is 0 Å². The van der Waals surface area contributed by atoms with Crippen LogP contribution in [0.3, 0.4) is 0 Å². The van der Waals surface area contributed by atoms with Gasteiger partial charge in [-0.1, -0.05) is 6.58 Å². The molecule has 1 N–H and O–H groups in total. The van der Waals surface area contributed by atoms with Crippen LogP contribution in [0.5, 0.6) is 0 Å². The van der Waals surface area contributed by atoms with E-state index in [0.717, 1.165) is 6.92 Å². The third-order valence-electron chi connectivity index (χ3n) is 3.31. The van der Waals surface area contributed by atoms with E-state index in [4.69, 9.17) is 5.11 Å². The lowest BCUT2D eigenvalue weighted by Gasteiger charge is -2.40. The highest BCUT2D eigenvalue weighted by Gasteiger charge is 2.90. The molecule has 0 spiro atoms. The molecule has 0 aromatic carbocycles. The zero-order valence-electron chi connectivity index (χ0n) is 13.9. The lowest BCUT2D eigenvalue weighted by molar-refractivity contribution is -0.440. The first-order valence-corrected chi connectivity index (χ1v) is 6.94. The lowest BCUT2D eigenvalue weighted by Crippen LogP contribution is -2.70. The smallest absolute Gasteiger partial charge is 0.456 e. The van der Waals surface area contributed by atoms with Crippen LogP contribution in [0.1, 0.15) is 13.3 Å². The van der Waals surface area contributed by atoms with Gasteiger partial charge in [-0.2, -0.15) is 57.1 Å². The summed E-state index contributed by atoms with van der Waals surface area (Å²) < 4.78 is 172. The Balaban J connectivity index is 6.09. The molecule has 0 aliphatic rings. The van der Waals surface area contributed by atoms with Gasteiger partial charge in [0.05, 0.1) is 13.0 Å². The molecule has 0 aliphatic heterocycles. The topological polar surface area (TPSA) is 46.5 Å². The Bertz CT molecular complexity index is 624. The second kappa shape index (κ2) is 7.83. The monoisotopic (exact) mass is 462 g/mol. The van der Waals surface area contributed by atoms with E-state index >= 15 is 0 Å². The molecule has 0 rings (SSSR count). The maximum absolute atomic E-state index is 13.6. The highest BCUT2D eigenvalue weighted by atomic mass is 19.4. The molecule has 1 atom stereocenters. The van der Waals surface area contributed by atoms with Gasteiger partial charge in [0.2, 0.25) is 0 Å². The minimum Gasteiger partial charge on any atom is -0.456 e. The van der Waals surface area contributed by atoms with Gasteiger partial charge in [0.25, 0.3) is 0 Å². The van der Waals surface area contributed by atoms with Gasteiger partial charge in [0.1, 0.15) is 6.10 Å². The summed E-state index contributed by atoms with van der Waals surface area (Å²) in [4.78, 5) is 11.1. The average molecular weight is 462 g/mol.